The van der Waals surface area contributed by atoms with Gasteiger partial charge in [0.05, 0.1) is 18.4 Å². The summed E-state index contributed by atoms with van der Waals surface area (Å²) in [5.74, 6) is -1.05. The minimum Gasteiger partial charge on any atom is -0.504 e. The Hall–Kier alpha value is -2.76. The van der Waals surface area contributed by atoms with Crippen molar-refractivity contribution in [3.63, 3.8) is 0 Å². The molecule has 20 heavy (non-hydrogen) atoms. The van der Waals surface area contributed by atoms with E-state index in [2.05, 4.69) is 5.32 Å². The van der Waals surface area contributed by atoms with Crippen LogP contribution >= 0.6 is 0 Å². The number of para-hydroxylation sites is 1. The molecule has 5 nitrogen and oxygen atoms in total. The summed E-state index contributed by atoms with van der Waals surface area (Å²) < 4.78 is 18.2. The number of phenolic OH excluding ortho intramolecular Hbond substituents is 1. The topological polar surface area (TPSA) is 84.6 Å². The molecule has 104 valence electrons. The first-order valence-corrected chi connectivity index (χ1v) is 5.75. The zero-order chi connectivity index (χ0) is 14.7. The number of ether oxygens (including phenoxy) is 1. The Labute approximate surface area is 114 Å². The summed E-state index contributed by atoms with van der Waals surface area (Å²) in [6.45, 7) is 0. The van der Waals surface area contributed by atoms with Gasteiger partial charge in [0, 0.05) is 11.8 Å². The summed E-state index contributed by atoms with van der Waals surface area (Å²) in [5.41, 5.74) is 5.66. The van der Waals surface area contributed by atoms with Crippen LogP contribution in [0.1, 0.15) is 10.4 Å². The summed E-state index contributed by atoms with van der Waals surface area (Å²) >= 11 is 0. The van der Waals surface area contributed by atoms with E-state index in [4.69, 9.17) is 10.5 Å². The van der Waals surface area contributed by atoms with E-state index in [1.54, 1.807) is 6.07 Å². The molecule has 2 aromatic rings. The average molecular weight is 276 g/mol. The number of carbonyl (C=O) groups is 1. The Morgan fingerprint density at radius 1 is 1.35 bits per heavy atom. The molecule has 0 aliphatic carbocycles. The number of hydrogen-bond acceptors (Lipinski definition) is 4. The van der Waals surface area contributed by atoms with Gasteiger partial charge in [-0.2, -0.15) is 0 Å². The van der Waals surface area contributed by atoms with Crippen LogP contribution in [0.25, 0.3) is 0 Å². The average Bonchev–Trinajstić information content (AvgIpc) is 2.42. The Morgan fingerprint density at radius 2 is 2.10 bits per heavy atom. The maximum atomic E-state index is 13.3. The van der Waals surface area contributed by atoms with Gasteiger partial charge in [-0.1, -0.05) is 6.07 Å². The van der Waals surface area contributed by atoms with Gasteiger partial charge in [0.25, 0.3) is 5.91 Å². The summed E-state index contributed by atoms with van der Waals surface area (Å²) in [4.78, 5) is 12.0. The maximum Gasteiger partial charge on any atom is 0.257 e. The predicted octanol–water partition coefficient (Wildman–Crippen LogP) is 2.37. The van der Waals surface area contributed by atoms with Gasteiger partial charge in [0.2, 0.25) is 0 Å². The van der Waals surface area contributed by atoms with E-state index in [0.717, 1.165) is 0 Å². The van der Waals surface area contributed by atoms with Crippen LogP contribution in [-0.4, -0.2) is 18.1 Å². The molecule has 0 saturated heterocycles. The smallest absolute Gasteiger partial charge is 0.257 e. The van der Waals surface area contributed by atoms with Crippen LogP contribution in [0.5, 0.6) is 11.5 Å². The minimum atomic E-state index is -0.657. The van der Waals surface area contributed by atoms with Crippen LogP contribution in [0, 0.1) is 5.82 Å². The molecule has 0 aliphatic heterocycles. The van der Waals surface area contributed by atoms with Gasteiger partial charge in [-0.25, -0.2) is 4.39 Å². The molecule has 0 spiro atoms. The van der Waals surface area contributed by atoms with Gasteiger partial charge >= 0.3 is 0 Å². The molecular weight excluding hydrogens is 263 g/mol. The van der Waals surface area contributed by atoms with Crippen molar-refractivity contribution in [2.24, 2.45) is 0 Å². The van der Waals surface area contributed by atoms with E-state index >= 15 is 0 Å². The number of halogens is 1. The zero-order valence-corrected chi connectivity index (χ0v) is 10.7. The largest absolute Gasteiger partial charge is 0.504 e. The lowest BCUT2D eigenvalue weighted by atomic mass is 10.1. The Kier molecular flexibility index (Phi) is 3.74. The van der Waals surface area contributed by atoms with Crippen molar-refractivity contribution in [3.05, 3.63) is 47.8 Å². The number of amides is 1. The first-order valence-electron chi connectivity index (χ1n) is 5.75. The second kappa shape index (κ2) is 5.48. The Bertz CT molecular complexity index is 659. The molecule has 1 amide bonds. The molecule has 6 heteroatoms. The van der Waals surface area contributed by atoms with Gasteiger partial charge in [0.15, 0.2) is 11.5 Å². The van der Waals surface area contributed by atoms with Crippen LogP contribution < -0.4 is 15.8 Å². The number of phenols is 1. The lowest BCUT2D eigenvalue weighted by Gasteiger charge is -2.09. The van der Waals surface area contributed by atoms with Crippen molar-refractivity contribution in [1.82, 2.24) is 0 Å². The predicted molar refractivity (Wildman–Crippen MR) is 73.4 cm³/mol. The lowest BCUT2D eigenvalue weighted by Crippen LogP contribution is -2.14. The lowest BCUT2D eigenvalue weighted by molar-refractivity contribution is 0.102. The number of rotatable bonds is 3. The van der Waals surface area contributed by atoms with Gasteiger partial charge in [-0.05, 0) is 24.3 Å². The highest BCUT2D eigenvalue weighted by atomic mass is 19.1. The van der Waals surface area contributed by atoms with Gasteiger partial charge in [-0.15, -0.1) is 0 Å². The first-order chi connectivity index (χ1) is 9.52. The number of anilines is 2. The van der Waals surface area contributed by atoms with E-state index in [-0.39, 0.29) is 22.7 Å². The highest BCUT2D eigenvalue weighted by Gasteiger charge is 2.13. The quantitative estimate of drug-likeness (QED) is 0.751. The third kappa shape index (κ3) is 2.64. The van der Waals surface area contributed by atoms with Crippen molar-refractivity contribution >= 4 is 17.3 Å². The molecule has 0 bridgehead atoms. The standard InChI is InChI=1S/C14H13FN2O3/c1-20-12-6-5-8(7-11(12)18)17-14(19)9-3-2-4-10(15)13(9)16/h2-7,18H,16H2,1H3,(H,17,19). The summed E-state index contributed by atoms with van der Waals surface area (Å²) in [6, 6.07) is 8.35. The second-order valence-electron chi connectivity index (χ2n) is 4.04. The van der Waals surface area contributed by atoms with Gasteiger partial charge < -0.3 is 20.9 Å². The fourth-order valence-electron chi connectivity index (χ4n) is 1.70. The molecule has 0 saturated carbocycles. The summed E-state index contributed by atoms with van der Waals surface area (Å²) in [7, 11) is 1.42. The second-order valence-corrected chi connectivity index (χ2v) is 4.04. The highest BCUT2D eigenvalue weighted by Crippen LogP contribution is 2.29. The summed E-state index contributed by atoms with van der Waals surface area (Å²) in [6.07, 6.45) is 0. The van der Waals surface area contributed by atoms with E-state index in [9.17, 15) is 14.3 Å². The van der Waals surface area contributed by atoms with Gasteiger partial charge in [-0.3, -0.25) is 4.79 Å². The highest BCUT2D eigenvalue weighted by molar-refractivity contribution is 6.07. The molecule has 0 atom stereocenters. The van der Waals surface area contributed by atoms with Crippen LogP contribution in [0.15, 0.2) is 36.4 Å². The number of hydrogen-bond donors (Lipinski definition) is 3. The first kappa shape index (κ1) is 13.7. The van der Waals surface area contributed by atoms with Crippen LogP contribution in [0.2, 0.25) is 0 Å². The Balaban J connectivity index is 2.24. The molecule has 0 aromatic heterocycles. The van der Waals surface area contributed by atoms with Crippen LogP contribution in [0.4, 0.5) is 15.8 Å². The van der Waals surface area contributed by atoms with Crippen molar-refractivity contribution < 1.29 is 19.0 Å². The van der Waals surface area contributed by atoms with Crippen molar-refractivity contribution in [1.29, 1.82) is 0 Å². The van der Waals surface area contributed by atoms with Crippen molar-refractivity contribution in [2.75, 3.05) is 18.2 Å². The molecule has 0 heterocycles. The van der Waals surface area contributed by atoms with E-state index in [1.165, 1.54) is 37.4 Å². The Morgan fingerprint density at radius 3 is 2.75 bits per heavy atom. The molecule has 2 rings (SSSR count). The van der Waals surface area contributed by atoms with E-state index in [0.29, 0.717) is 5.69 Å². The number of nitrogens with one attached hydrogen (secondary N) is 1. The minimum absolute atomic E-state index is 0.0281. The summed E-state index contributed by atoms with van der Waals surface area (Å²) in [5, 5.41) is 12.1. The molecule has 0 fully saturated rings. The molecule has 0 aliphatic rings. The van der Waals surface area contributed by atoms with Crippen LogP contribution in [0.3, 0.4) is 0 Å². The SMILES string of the molecule is COc1ccc(NC(=O)c2cccc(F)c2N)cc1O. The van der Waals surface area contributed by atoms with E-state index < -0.39 is 11.7 Å². The molecule has 4 N–H and O–H groups in total. The number of nitrogen functional groups attached to an aromatic ring is 1. The van der Waals surface area contributed by atoms with E-state index in [1.807, 2.05) is 0 Å². The zero-order valence-electron chi connectivity index (χ0n) is 10.7. The fourth-order valence-corrected chi connectivity index (χ4v) is 1.70. The number of carbonyl (C=O) groups excluding carboxylic acids is 1. The molecule has 0 unspecified atom stereocenters. The third-order valence-electron chi connectivity index (χ3n) is 2.73. The number of benzene rings is 2. The monoisotopic (exact) mass is 276 g/mol. The normalized spacial score (nSPS) is 10.1. The number of methoxy groups -OCH3 is 1. The number of nitrogens with two attached hydrogens (primary N) is 1. The van der Waals surface area contributed by atoms with Crippen LogP contribution in [-0.2, 0) is 0 Å². The number of aromatic hydroxyl groups is 1. The van der Waals surface area contributed by atoms with Crippen molar-refractivity contribution in [3.8, 4) is 11.5 Å². The van der Waals surface area contributed by atoms with Gasteiger partial charge in [0.1, 0.15) is 5.82 Å². The molecular formula is C14H13FN2O3. The fraction of sp³-hybridized carbons (Fsp3) is 0.0714. The van der Waals surface area contributed by atoms with Crippen molar-refractivity contribution in [2.45, 2.75) is 0 Å². The maximum absolute atomic E-state index is 13.3. The molecule has 0 radical (unpaired) electrons. The molecule has 2 aromatic carbocycles. The third-order valence-corrected chi connectivity index (χ3v) is 2.73.